The van der Waals surface area contributed by atoms with Gasteiger partial charge in [0.1, 0.15) is 12.4 Å². The van der Waals surface area contributed by atoms with Crippen LogP contribution in [0.25, 0.3) is 10.8 Å². The molecule has 0 atom stereocenters. The molecule has 0 aromatic heterocycles. The highest BCUT2D eigenvalue weighted by Gasteiger charge is 2.20. The summed E-state index contributed by atoms with van der Waals surface area (Å²) in [5.74, 6) is 0.849. The second-order valence-corrected chi connectivity index (χ2v) is 5.74. The first-order chi connectivity index (χ1) is 11.3. The first-order valence-corrected chi connectivity index (χ1v) is 7.96. The van der Waals surface area contributed by atoms with Crippen LogP contribution in [0.1, 0.15) is 18.4 Å². The molecule has 23 heavy (non-hydrogen) atoms. The van der Waals surface area contributed by atoms with Crippen LogP contribution >= 0.6 is 0 Å². The van der Waals surface area contributed by atoms with Crippen molar-refractivity contribution in [2.75, 3.05) is 20.3 Å². The molecule has 1 fully saturated rings. The number of benzene rings is 2. The van der Waals surface area contributed by atoms with E-state index in [0.29, 0.717) is 19.2 Å². The van der Waals surface area contributed by atoms with Gasteiger partial charge in [-0.05, 0) is 35.9 Å². The molecule has 0 heterocycles. The summed E-state index contributed by atoms with van der Waals surface area (Å²) in [6, 6.07) is 13.1. The van der Waals surface area contributed by atoms with E-state index in [0.717, 1.165) is 17.7 Å². The van der Waals surface area contributed by atoms with E-state index < -0.39 is 6.09 Å². The molecular weight excluding hydrogens is 292 g/mol. The average molecular weight is 314 g/mol. The smallest absolute Gasteiger partial charge is 0.406 e. The maximum absolute atomic E-state index is 11.0. The largest absolute Gasteiger partial charge is 0.491 e. The van der Waals surface area contributed by atoms with E-state index in [1.807, 2.05) is 12.1 Å². The lowest BCUT2D eigenvalue weighted by Gasteiger charge is -2.13. The fourth-order valence-corrected chi connectivity index (χ4v) is 2.49. The van der Waals surface area contributed by atoms with Crippen molar-refractivity contribution in [3.8, 4) is 5.75 Å². The molecule has 5 heteroatoms. The summed E-state index contributed by atoms with van der Waals surface area (Å²) < 4.78 is 10.4. The van der Waals surface area contributed by atoms with Crippen LogP contribution in [0.3, 0.4) is 0 Å². The van der Waals surface area contributed by atoms with E-state index >= 15 is 0 Å². The van der Waals surface area contributed by atoms with Crippen molar-refractivity contribution in [1.29, 1.82) is 0 Å². The summed E-state index contributed by atoms with van der Waals surface area (Å²) in [7, 11) is 1.35. The highest BCUT2D eigenvalue weighted by molar-refractivity contribution is 5.89. The van der Waals surface area contributed by atoms with Crippen LogP contribution in [0.4, 0.5) is 4.79 Å². The number of ether oxygens (including phenoxy) is 2. The predicted octanol–water partition coefficient (Wildman–Crippen LogP) is 2.83. The standard InChI is InChI=1S/C18H22N2O3/c1-22-18(21)19-8-9-23-17-11-13(12-20-15-6-7-15)10-14-4-2-3-5-16(14)17/h2-5,10-11,15,20H,6-9,12H2,1H3,(H,19,21). The first-order valence-electron chi connectivity index (χ1n) is 7.96. The monoisotopic (exact) mass is 314 g/mol. The van der Waals surface area contributed by atoms with Crippen LogP contribution in [0.15, 0.2) is 36.4 Å². The lowest BCUT2D eigenvalue weighted by atomic mass is 10.1. The molecule has 0 unspecified atom stereocenters. The molecule has 5 nitrogen and oxygen atoms in total. The van der Waals surface area contributed by atoms with Crippen LogP contribution in [-0.4, -0.2) is 32.4 Å². The molecule has 0 radical (unpaired) electrons. The summed E-state index contributed by atoms with van der Waals surface area (Å²) >= 11 is 0. The molecule has 122 valence electrons. The van der Waals surface area contributed by atoms with E-state index in [9.17, 15) is 4.79 Å². The number of amides is 1. The van der Waals surface area contributed by atoms with Crippen LogP contribution in [0.5, 0.6) is 5.75 Å². The van der Waals surface area contributed by atoms with E-state index in [4.69, 9.17) is 4.74 Å². The Kier molecular flexibility index (Phi) is 4.98. The minimum Gasteiger partial charge on any atom is -0.491 e. The van der Waals surface area contributed by atoms with E-state index in [-0.39, 0.29) is 0 Å². The van der Waals surface area contributed by atoms with Gasteiger partial charge in [-0.1, -0.05) is 24.3 Å². The molecule has 2 N–H and O–H groups in total. The average Bonchev–Trinajstić information content (AvgIpc) is 3.40. The summed E-state index contributed by atoms with van der Waals surface area (Å²) in [5.41, 5.74) is 1.21. The van der Waals surface area contributed by atoms with Crippen LogP contribution in [0.2, 0.25) is 0 Å². The number of rotatable bonds is 7. The normalized spacial score (nSPS) is 13.8. The van der Waals surface area contributed by atoms with Crippen LogP contribution in [0, 0.1) is 0 Å². The zero-order valence-corrected chi connectivity index (χ0v) is 13.3. The van der Waals surface area contributed by atoms with Gasteiger partial charge in [0.15, 0.2) is 0 Å². The van der Waals surface area contributed by atoms with Crippen molar-refractivity contribution in [2.24, 2.45) is 0 Å². The second-order valence-electron chi connectivity index (χ2n) is 5.74. The highest BCUT2D eigenvalue weighted by atomic mass is 16.5. The fourth-order valence-electron chi connectivity index (χ4n) is 2.49. The predicted molar refractivity (Wildman–Crippen MR) is 89.7 cm³/mol. The molecule has 1 amide bonds. The highest BCUT2D eigenvalue weighted by Crippen LogP contribution is 2.28. The van der Waals surface area contributed by atoms with E-state index in [2.05, 4.69) is 39.6 Å². The van der Waals surface area contributed by atoms with Crippen molar-refractivity contribution in [2.45, 2.75) is 25.4 Å². The number of fused-ring (bicyclic) bond motifs is 1. The molecule has 2 aromatic carbocycles. The van der Waals surface area contributed by atoms with Gasteiger partial charge in [-0.3, -0.25) is 0 Å². The number of hydrogen-bond donors (Lipinski definition) is 2. The zero-order valence-electron chi connectivity index (χ0n) is 13.3. The molecule has 0 bridgehead atoms. The van der Waals surface area contributed by atoms with Gasteiger partial charge >= 0.3 is 6.09 Å². The van der Waals surface area contributed by atoms with E-state index in [1.54, 1.807) is 0 Å². The SMILES string of the molecule is COC(=O)NCCOc1cc(CNC2CC2)cc2ccccc12. The molecule has 0 aliphatic heterocycles. The van der Waals surface area contributed by atoms with Gasteiger partial charge in [0.2, 0.25) is 0 Å². The third kappa shape index (κ3) is 4.36. The van der Waals surface area contributed by atoms with Crippen molar-refractivity contribution in [3.63, 3.8) is 0 Å². The summed E-state index contributed by atoms with van der Waals surface area (Å²) in [6.45, 7) is 1.66. The minimum atomic E-state index is -0.444. The van der Waals surface area contributed by atoms with Gasteiger partial charge in [0.25, 0.3) is 0 Å². The fraction of sp³-hybridized carbons (Fsp3) is 0.389. The van der Waals surface area contributed by atoms with Gasteiger partial charge in [0, 0.05) is 18.0 Å². The molecule has 1 aliphatic carbocycles. The Balaban J connectivity index is 1.69. The number of alkyl carbamates (subject to hydrolysis) is 1. The molecule has 3 rings (SSSR count). The molecule has 2 aromatic rings. The number of carbonyl (C=O) groups is 1. The first kappa shape index (κ1) is 15.6. The maximum Gasteiger partial charge on any atom is 0.406 e. The Bertz CT molecular complexity index is 683. The number of methoxy groups -OCH3 is 1. The van der Waals surface area contributed by atoms with E-state index in [1.165, 1.54) is 30.9 Å². The Morgan fingerprint density at radius 3 is 2.87 bits per heavy atom. The summed E-state index contributed by atoms with van der Waals surface area (Å²) in [5, 5.41) is 8.39. The van der Waals surface area contributed by atoms with Gasteiger partial charge in [-0.2, -0.15) is 0 Å². The molecule has 0 spiro atoms. The number of nitrogens with one attached hydrogen (secondary N) is 2. The zero-order chi connectivity index (χ0) is 16.1. The van der Waals surface area contributed by atoms with Crippen molar-refractivity contribution < 1.29 is 14.3 Å². The Morgan fingerprint density at radius 2 is 2.09 bits per heavy atom. The van der Waals surface area contributed by atoms with Crippen molar-refractivity contribution in [3.05, 3.63) is 42.0 Å². The topological polar surface area (TPSA) is 59.6 Å². The van der Waals surface area contributed by atoms with Crippen molar-refractivity contribution in [1.82, 2.24) is 10.6 Å². The Morgan fingerprint density at radius 1 is 1.26 bits per heavy atom. The number of hydrogen-bond acceptors (Lipinski definition) is 4. The Hall–Kier alpha value is -2.27. The van der Waals surface area contributed by atoms with Gasteiger partial charge < -0.3 is 20.1 Å². The minimum absolute atomic E-state index is 0.401. The molecule has 1 saturated carbocycles. The third-order valence-corrected chi connectivity index (χ3v) is 3.87. The van der Waals surface area contributed by atoms with Gasteiger partial charge in [-0.25, -0.2) is 4.79 Å². The van der Waals surface area contributed by atoms with Gasteiger partial charge in [0.05, 0.1) is 13.7 Å². The molecule has 0 saturated heterocycles. The van der Waals surface area contributed by atoms with Crippen LogP contribution in [-0.2, 0) is 11.3 Å². The van der Waals surface area contributed by atoms with Crippen molar-refractivity contribution >= 4 is 16.9 Å². The number of carbonyl (C=O) groups excluding carboxylic acids is 1. The molecular formula is C18H22N2O3. The lowest BCUT2D eigenvalue weighted by Crippen LogP contribution is -2.27. The van der Waals surface area contributed by atoms with Gasteiger partial charge in [-0.15, -0.1) is 0 Å². The second kappa shape index (κ2) is 7.33. The third-order valence-electron chi connectivity index (χ3n) is 3.87. The summed E-state index contributed by atoms with van der Waals surface area (Å²) in [6.07, 6.45) is 2.10. The van der Waals surface area contributed by atoms with Crippen LogP contribution < -0.4 is 15.4 Å². The maximum atomic E-state index is 11.0. The lowest BCUT2D eigenvalue weighted by molar-refractivity contribution is 0.168. The molecule has 1 aliphatic rings. The Labute approximate surface area is 136 Å². The quantitative estimate of drug-likeness (QED) is 0.772. The summed E-state index contributed by atoms with van der Waals surface area (Å²) in [4.78, 5) is 11.0.